The van der Waals surface area contributed by atoms with E-state index in [4.69, 9.17) is 0 Å². The molecule has 7 heteroatoms. The average Bonchev–Trinajstić information content (AvgIpc) is 3.19. The molecule has 2 amide bonds. The van der Waals surface area contributed by atoms with Gasteiger partial charge in [-0.15, -0.1) is 5.10 Å². The zero-order valence-corrected chi connectivity index (χ0v) is 12.3. The first-order valence-corrected chi connectivity index (χ1v) is 7.20. The number of hydrogen-bond acceptors (Lipinski definition) is 4. The van der Waals surface area contributed by atoms with Crippen molar-refractivity contribution >= 4 is 17.5 Å². The maximum atomic E-state index is 12.3. The van der Waals surface area contributed by atoms with E-state index in [2.05, 4.69) is 15.6 Å². The van der Waals surface area contributed by atoms with E-state index in [1.807, 2.05) is 24.3 Å². The Morgan fingerprint density at radius 1 is 1.27 bits per heavy atom. The number of likely N-dealkylation sites (tertiary alicyclic amines) is 1. The molecule has 0 saturated carbocycles. The Morgan fingerprint density at radius 3 is 2.68 bits per heavy atom. The number of carbonyl (C=O) groups is 2. The molecule has 0 aliphatic carbocycles. The van der Waals surface area contributed by atoms with Gasteiger partial charge in [-0.05, 0) is 37.1 Å². The summed E-state index contributed by atoms with van der Waals surface area (Å²) < 4.78 is 1.64. The summed E-state index contributed by atoms with van der Waals surface area (Å²) in [6.07, 6.45) is 4.92. The molecule has 0 radical (unpaired) electrons. The third-order valence-electron chi connectivity index (χ3n) is 3.78. The number of nitrogens with zero attached hydrogens (tertiary/aromatic N) is 4. The molecule has 1 aromatic carbocycles. The zero-order valence-electron chi connectivity index (χ0n) is 12.3. The summed E-state index contributed by atoms with van der Waals surface area (Å²) in [5.74, 6) is -0.194. The second-order valence-corrected chi connectivity index (χ2v) is 5.25. The fourth-order valence-corrected chi connectivity index (χ4v) is 2.69. The first kappa shape index (κ1) is 14.2. The van der Waals surface area contributed by atoms with Gasteiger partial charge in [-0.25, -0.2) is 4.68 Å². The van der Waals surface area contributed by atoms with Crippen molar-refractivity contribution in [1.82, 2.24) is 19.9 Å². The molecule has 0 spiro atoms. The van der Waals surface area contributed by atoms with Gasteiger partial charge in [0.05, 0.1) is 18.1 Å². The van der Waals surface area contributed by atoms with Crippen molar-refractivity contribution in [2.45, 2.75) is 25.8 Å². The van der Waals surface area contributed by atoms with Gasteiger partial charge in [0.1, 0.15) is 6.04 Å². The number of carbonyl (C=O) groups excluding carboxylic acids is 2. The van der Waals surface area contributed by atoms with E-state index in [0.717, 1.165) is 12.1 Å². The molecule has 3 rings (SSSR count). The van der Waals surface area contributed by atoms with Crippen LogP contribution in [0.5, 0.6) is 0 Å². The molecule has 1 saturated heterocycles. The topological polar surface area (TPSA) is 80.1 Å². The number of hydrogen-bond donors (Lipinski definition) is 1. The summed E-state index contributed by atoms with van der Waals surface area (Å²) in [7, 11) is 0. The van der Waals surface area contributed by atoms with Gasteiger partial charge in [-0.3, -0.25) is 9.59 Å². The highest BCUT2D eigenvalue weighted by Crippen LogP contribution is 2.20. The largest absolute Gasteiger partial charge is 0.331 e. The van der Waals surface area contributed by atoms with Crippen LogP contribution < -0.4 is 5.32 Å². The molecule has 1 unspecified atom stereocenters. The second kappa shape index (κ2) is 5.97. The maximum Gasteiger partial charge on any atom is 0.247 e. The van der Waals surface area contributed by atoms with E-state index in [1.165, 1.54) is 6.92 Å². The second-order valence-electron chi connectivity index (χ2n) is 5.25. The number of benzene rings is 1. The maximum absolute atomic E-state index is 12.3. The van der Waals surface area contributed by atoms with Crippen molar-refractivity contribution < 1.29 is 9.59 Å². The van der Waals surface area contributed by atoms with E-state index in [-0.39, 0.29) is 17.9 Å². The normalized spacial score (nSPS) is 17.5. The van der Waals surface area contributed by atoms with Crippen LogP contribution in [0.1, 0.15) is 19.8 Å². The highest BCUT2D eigenvalue weighted by atomic mass is 16.2. The van der Waals surface area contributed by atoms with Gasteiger partial charge in [0, 0.05) is 19.2 Å². The van der Waals surface area contributed by atoms with Gasteiger partial charge in [0.15, 0.2) is 0 Å². The van der Waals surface area contributed by atoms with E-state index < -0.39 is 0 Å². The van der Waals surface area contributed by atoms with Gasteiger partial charge < -0.3 is 10.2 Å². The number of anilines is 1. The lowest BCUT2D eigenvalue weighted by atomic mass is 10.2. The standard InChI is InChI=1S/C15H17N5O2/c1-11(21)19-9-2-3-14(19)15(22)17-12-4-6-13(7-5-12)20-10-8-16-18-20/h4-8,10,14H,2-3,9H2,1H3,(H,17,22). The van der Waals surface area contributed by atoms with Crippen molar-refractivity contribution in [3.63, 3.8) is 0 Å². The van der Waals surface area contributed by atoms with E-state index >= 15 is 0 Å². The Hall–Kier alpha value is -2.70. The van der Waals surface area contributed by atoms with E-state index in [0.29, 0.717) is 18.7 Å². The van der Waals surface area contributed by atoms with E-state index in [9.17, 15) is 9.59 Å². The first-order chi connectivity index (χ1) is 10.6. The summed E-state index contributed by atoms with van der Waals surface area (Å²) in [6.45, 7) is 2.15. The van der Waals surface area contributed by atoms with Crippen molar-refractivity contribution in [2.75, 3.05) is 11.9 Å². The minimum atomic E-state index is -0.368. The Labute approximate surface area is 127 Å². The van der Waals surface area contributed by atoms with Gasteiger partial charge in [-0.1, -0.05) is 5.21 Å². The van der Waals surface area contributed by atoms with Crippen LogP contribution in [0.3, 0.4) is 0 Å². The van der Waals surface area contributed by atoms with Crippen LogP contribution in [0.4, 0.5) is 5.69 Å². The Balaban J connectivity index is 1.68. The molecule has 1 fully saturated rings. The first-order valence-electron chi connectivity index (χ1n) is 7.20. The third-order valence-corrected chi connectivity index (χ3v) is 3.78. The van der Waals surface area contributed by atoms with Gasteiger partial charge >= 0.3 is 0 Å². The summed E-state index contributed by atoms with van der Waals surface area (Å²) >= 11 is 0. The average molecular weight is 299 g/mol. The van der Waals surface area contributed by atoms with Crippen molar-refractivity contribution in [3.8, 4) is 5.69 Å². The summed E-state index contributed by atoms with van der Waals surface area (Å²) in [6, 6.07) is 6.94. The highest BCUT2D eigenvalue weighted by Gasteiger charge is 2.32. The summed E-state index contributed by atoms with van der Waals surface area (Å²) in [4.78, 5) is 25.5. The minimum absolute atomic E-state index is 0.0563. The van der Waals surface area contributed by atoms with Crippen molar-refractivity contribution in [3.05, 3.63) is 36.7 Å². The van der Waals surface area contributed by atoms with Crippen LogP contribution in [0, 0.1) is 0 Å². The molecule has 114 valence electrons. The Bertz CT molecular complexity index is 666. The minimum Gasteiger partial charge on any atom is -0.331 e. The van der Waals surface area contributed by atoms with Crippen molar-refractivity contribution in [1.29, 1.82) is 0 Å². The van der Waals surface area contributed by atoms with Crippen LogP contribution in [0.25, 0.3) is 5.69 Å². The van der Waals surface area contributed by atoms with Crippen LogP contribution in [-0.4, -0.2) is 44.3 Å². The predicted molar refractivity (Wildman–Crippen MR) is 80.4 cm³/mol. The molecule has 2 heterocycles. The quantitative estimate of drug-likeness (QED) is 0.924. The lowest BCUT2D eigenvalue weighted by Gasteiger charge is -2.22. The number of nitrogens with one attached hydrogen (secondary N) is 1. The molecule has 1 atom stereocenters. The lowest BCUT2D eigenvalue weighted by Crippen LogP contribution is -2.42. The lowest BCUT2D eigenvalue weighted by molar-refractivity contribution is -0.134. The molecule has 2 aromatic rings. The smallest absolute Gasteiger partial charge is 0.247 e. The fraction of sp³-hybridized carbons (Fsp3) is 0.333. The van der Waals surface area contributed by atoms with Crippen LogP contribution in [0.15, 0.2) is 36.7 Å². The third kappa shape index (κ3) is 2.83. The molecule has 22 heavy (non-hydrogen) atoms. The van der Waals surface area contributed by atoms with Crippen LogP contribution >= 0.6 is 0 Å². The fourth-order valence-electron chi connectivity index (χ4n) is 2.69. The number of rotatable bonds is 3. The molecule has 1 aliphatic heterocycles. The zero-order chi connectivity index (χ0) is 15.5. The number of aromatic nitrogens is 3. The molecular weight excluding hydrogens is 282 g/mol. The van der Waals surface area contributed by atoms with Crippen LogP contribution in [-0.2, 0) is 9.59 Å². The monoisotopic (exact) mass is 299 g/mol. The van der Waals surface area contributed by atoms with E-state index in [1.54, 1.807) is 22.0 Å². The molecule has 1 N–H and O–H groups in total. The number of amides is 2. The molecule has 1 aromatic heterocycles. The highest BCUT2D eigenvalue weighted by molar-refractivity contribution is 5.97. The molecule has 1 aliphatic rings. The Morgan fingerprint density at radius 2 is 2.05 bits per heavy atom. The molecule has 7 nitrogen and oxygen atoms in total. The summed E-state index contributed by atoms with van der Waals surface area (Å²) in [5.41, 5.74) is 1.56. The van der Waals surface area contributed by atoms with Gasteiger partial charge in [0.25, 0.3) is 0 Å². The van der Waals surface area contributed by atoms with Crippen molar-refractivity contribution in [2.24, 2.45) is 0 Å². The van der Waals surface area contributed by atoms with Crippen LogP contribution in [0.2, 0.25) is 0 Å². The molecular formula is C15H17N5O2. The van der Waals surface area contributed by atoms with Gasteiger partial charge in [-0.2, -0.15) is 0 Å². The molecule has 0 bridgehead atoms. The summed E-state index contributed by atoms with van der Waals surface area (Å²) in [5, 5.41) is 10.5. The predicted octanol–water partition coefficient (Wildman–Crippen LogP) is 1.22. The Kier molecular flexibility index (Phi) is 3.86. The SMILES string of the molecule is CC(=O)N1CCCC1C(=O)Nc1ccc(-n2ccnn2)cc1. The van der Waals surface area contributed by atoms with Gasteiger partial charge in [0.2, 0.25) is 11.8 Å².